The van der Waals surface area contributed by atoms with Crippen molar-refractivity contribution in [1.82, 2.24) is 0 Å². The smallest absolute Gasteiger partial charge is 0.303 e. The predicted molar refractivity (Wildman–Crippen MR) is 107 cm³/mol. The SMILES string of the molecule is CCC(=O)Nc1cc(C)cc(COc2c(Cl)cc(CCC(=O)O)cc2Cl)c1F. The molecule has 2 rings (SSSR count). The zero-order valence-corrected chi connectivity index (χ0v) is 17.0. The highest BCUT2D eigenvalue weighted by Crippen LogP contribution is 2.35. The number of nitrogens with one attached hydrogen (secondary N) is 1. The Morgan fingerprint density at radius 3 is 2.39 bits per heavy atom. The van der Waals surface area contributed by atoms with Gasteiger partial charge in [-0.25, -0.2) is 4.39 Å². The number of benzene rings is 2. The summed E-state index contributed by atoms with van der Waals surface area (Å²) in [5, 5.41) is 11.7. The van der Waals surface area contributed by atoms with Gasteiger partial charge >= 0.3 is 5.97 Å². The summed E-state index contributed by atoms with van der Waals surface area (Å²) < 4.78 is 20.3. The van der Waals surface area contributed by atoms with E-state index in [0.717, 1.165) is 5.56 Å². The van der Waals surface area contributed by atoms with Gasteiger partial charge in [0, 0.05) is 18.4 Å². The van der Waals surface area contributed by atoms with Gasteiger partial charge in [0.1, 0.15) is 6.61 Å². The largest absolute Gasteiger partial charge is 0.486 e. The molecule has 2 aromatic carbocycles. The monoisotopic (exact) mass is 427 g/mol. The van der Waals surface area contributed by atoms with Crippen LogP contribution >= 0.6 is 23.2 Å². The van der Waals surface area contributed by atoms with Gasteiger partial charge in [-0.1, -0.05) is 30.1 Å². The van der Waals surface area contributed by atoms with Crippen molar-refractivity contribution in [2.45, 2.75) is 39.7 Å². The van der Waals surface area contributed by atoms with E-state index in [1.165, 1.54) is 0 Å². The van der Waals surface area contributed by atoms with Crippen molar-refractivity contribution in [2.24, 2.45) is 0 Å². The van der Waals surface area contributed by atoms with Gasteiger partial charge < -0.3 is 15.2 Å². The number of halogens is 3. The third kappa shape index (κ3) is 5.84. The molecule has 0 fully saturated rings. The fraction of sp³-hybridized carbons (Fsp3) is 0.300. The van der Waals surface area contributed by atoms with Crippen LogP contribution in [0.2, 0.25) is 10.0 Å². The number of carboxylic acids is 1. The number of aryl methyl sites for hydroxylation is 2. The normalized spacial score (nSPS) is 10.6. The van der Waals surface area contributed by atoms with Crippen LogP contribution in [-0.2, 0) is 22.6 Å². The van der Waals surface area contributed by atoms with Crippen LogP contribution < -0.4 is 10.1 Å². The lowest BCUT2D eigenvalue weighted by molar-refractivity contribution is -0.137. The van der Waals surface area contributed by atoms with Crippen molar-refractivity contribution in [1.29, 1.82) is 0 Å². The van der Waals surface area contributed by atoms with Crippen molar-refractivity contribution in [3.63, 3.8) is 0 Å². The molecule has 8 heteroatoms. The van der Waals surface area contributed by atoms with Crippen molar-refractivity contribution in [3.05, 3.63) is 56.8 Å². The van der Waals surface area contributed by atoms with Crippen LogP contribution in [0.5, 0.6) is 5.75 Å². The second-order valence-corrected chi connectivity index (χ2v) is 7.07. The average molecular weight is 428 g/mol. The van der Waals surface area contributed by atoms with Crippen molar-refractivity contribution >= 4 is 40.8 Å². The Balaban J connectivity index is 2.19. The molecule has 0 atom stereocenters. The number of hydrogen-bond acceptors (Lipinski definition) is 3. The van der Waals surface area contributed by atoms with E-state index in [1.54, 1.807) is 38.1 Å². The lowest BCUT2D eigenvalue weighted by atomic mass is 10.1. The fourth-order valence-electron chi connectivity index (χ4n) is 2.57. The number of hydrogen-bond donors (Lipinski definition) is 2. The third-order valence-electron chi connectivity index (χ3n) is 3.95. The molecule has 0 spiro atoms. The van der Waals surface area contributed by atoms with Crippen LogP contribution in [0.4, 0.5) is 10.1 Å². The van der Waals surface area contributed by atoms with Gasteiger partial charge in [0.2, 0.25) is 5.91 Å². The number of amides is 1. The molecule has 2 N–H and O–H groups in total. The van der Waals surface area contributed by atoms with Gasteiger partial charge in [0.15, 0.2) is 11.6 Å². The average Bonchev–Trinajstić information content (AvgIpc) is 2.62. The third-order valence-corrected chi connectivity index (χ3v) is 4.51. The summed E-state index contributed by atoms with van der Waals surface area (Å²) in [5.41, 5.74) is 1.75. The molecule has 0 unspecified atom stereocenters. The van der Waals surface area contributed by atoms with Gasteiger partial charge in [-0.05, 0) is 48.7 Å². The first kappa shape index (κ1) is 22.0. The first-order valence-corrected chi connectivity index (χ1v) is 9.38. The minimum atomic E-state index is -0.923. The molecule has 0 aliphatic heterocycles. The molecule has 0 aliphatic rings. The number of anilines is 1. The van der Waals surface area contributed by atoms with Crippen LogP contribution in [0, 0.1) is 12.7 Å². The van der Waals surface area contributed by atoms with Crippen molar-refractivity contribution < 1.29 is 23.8 Å². The van der Waals surface area contributed by atoms with Gasteiger partial charge in [-0.2, -0.15) is 0 Å². The van der Waals surface area contributed by atoms with Crippen molar-refractivity contribution in [3.8, 4) is 5.75 Å². The Kier molecular flexibility index (Phi) is 7.66. The van der Waals surface area contributed by atoms with Gasteiger partial charge in [0.25, 0.3) is 0 Å². The molecular formula is C20H20Cl2FNO4. The zero-order chi connectivity index (χ0) is 20.8. The van der Waals surface area contributed by atoms with Gasteiger partial charge in [-0.3, -0.25) is 9.59 Å². The van der Waals surface area contributed by atoms with Gasteiger partial charge in [0.05, 0.1) is 15.7 Å². The molecule has 1 amide bonds. The number of carbonyl (C=O) groups is 2. The minimum Gasteiger partial charge on any atom is -0.486 e. The number of carbonyl (C=O) groups excluding carboxylic acids is 1. The topological polar surface area (TPSA) is 75.6 Å². The minimum absolute atomic E-state index is 0.0480. The van der Waals surface area contributed by atoms with E-state index >= 15 is 0 Å². The number of aliphatic carboxylic acids is 1. The van der Waals surface area contributed by atoms with E-state index in [2.05, 4.69) is 5.32 Å². The number of carboxylic acid groups (broad SMARTS) is 1. The summed E-state index contributed by atoms with van der Waals surface area (Å²) >= 11 is 12.4. The summed E-state index contributed by atoms with van der Waals surface area (Å²) in [6.45, 7) is 3.31. The molecule has 5 nitrogen and oxygen atoms in total. The summed E-state index contributed by atoms with van der Waals surface area (Å²) in [4.78, 5) is 22.3. The summed E-state index contributed by atoms with van der Waals surface area (Å²) in [5.74, 6) is -1.62. The fourth-order valence-corrected chi connectivity index (χ4v) is 3.22. The first-order chi connectivity index (χ1) is 13.2. The molecule has 2 aromatic rings. The summed E-state index contributed by atoms with van der Waals surface area (Å²) in [6.07, 6.45) is 0.467. The van der Waals surface area contributed by atoms with Crippen LogP contribution in [0.1, 0.15) is 36.5 Å². The molecule has 0 saturated carbocycles. The zero-order valence-electron chi connectivity index (χ0n) is 15.4. The Hall–Kier alpha value is -2.31. The highest BCUT2D eigenvalue weighted by Gasteiger charge is 2.15. The summed E-state index contributed by atoms with van der Waals surface area (Å²) in [6, 6.07) is 6.31. The maximum Gasteiger partial charge on any atom is 0.303 e. The van der Waals surface area contributed by atoms with Crippen LogP contribution in [-0.4, -0.2) is 17.0 Å². The molecular weight excluding hydrogens is 408 g/mol. The Morgan fingerprint density at radius 1 is 1.18 bits per heavy atom. The van der Waals surface area contributed by atoms with E-state index in [0.29, 0.717) is 5.56 Å². The highest BCUT2D eigenvalue weighted by molar-refractivity contribution is 6.37. The second-order valence-electron chi connectivity index (χ2n) is 6.26. The molecule has 28 heavy (non-hydrogen) atoms. The van der Waals surface area contributed by atoms with E-state index in [-0.39, 0.29) is 58.8 Å². The van der Waals surface area contributed by atoms with Crippen LogP contribution in [0.3, 0.4) is 0 Å². The Morgan fingerprint density at radius 2 is 1.82 bits per heavy atom. The molecule has 0 heterocycles. The van der Waals surface area contributed by atoms with Crippen molar-refractivity contribution in [2.75, 3.05) is 5.32 Å². The van der Waals surface area contributed by atoms with Gasteiger partial charge in [-0.15, -0.1) is 0 Å². The highest BCUT2D eigenvalue weighted by atomic mass is 35.5. The van der Waals surface area contributed by atoms with Crippen LogP contribution in [0.15, 0.2) is 24.3 Å². The maximum absolute atomic E-state index is 14.7. The summed E-state index contributed by atoms with van der Waals surface area (Å²) in [7, 11) is 0. The standard InChI is InChI=1S/C20H20Cl2FNO4/c1-3-17(25)24-16-7-11(2)6-13(19(16)23)10-28-20-14(21)8-12(9-15(20)22)4-5-18(26)27/h6-9H,3-5,10H2,1-2H3,(H,24,25)(H,26,27). The maximum atomic E-state index is 14.7. The molecule has 0 aliphatic carbocycles. The molecule has 150 valence electrons. The van der Waals surface area contributed by atoms with E-state index in [1.807, 2.05) is 0 Å². The lowest BCUT2D eigenvalue weighted by Crippen LogP contribution is -2.12. The number of ether oxygens (including phenoxy) is 1. The molecule has 0 saturated heterocycles. The second kappa shape index (κ2) is 9.75. The Bertz CT molecular complexity index is 879. The van der Waals surface area contributed by atoms with E-state index in [4.69, 9.17) is 33.0 Å². The quantitative estimate of drug-likeness (QED) is 0.592. The molecule has 0 aromatic heterocycles. The first-order valence-electron chi connectivity index (χ1n) is 8.62. The number of rotatable bonds is 8. The predicted octanol–water partition coefficient (Wildman–Crippen LogP) is 5.39. The molecule has 0 radical (unpaired) electrons. The Labute approximate surface area is 172 Å². The van der Waals surface area contributed by atoms with E-state index in [9.17, 15) is 14.0 Å². The van der Waals surface area contributed by atoms with Crippen LogP contribution in [0.25, 0.3) is 0 Å². The van der Waals surface area contributed by atoms with E-state index < -0.39 is 11.8 Å². The molecule has 0 bridgehead atoms. The lowest BCUT2D eigenvalue weighted by Gasteiger charge is -2.14.